The Morgan fingerprint density at radius 3 is 3.00 bits per heavy atom. The van der Waals surface area contributed by atoms with Gasteiger partial charge in [0.15, 0.2) is 0 Å². The predicted octanol–water partition coefficient (Wildman–Crippen LogP) is 0.777. The number of carbonyl (C=O) groups excluding carboxylic acids is 1. The highest BCUT2D eigenvalue weighted by atomic mass is 16.5. The van der Waals surface area contributed by atoms with E-state index in [1.165, 1.54) is 5.56 Å². The first-order chi connectivity index (χ1) is 9.24. The van der Waals surface area contributed by atoms with E-state index in [2.05, 4.69) is 15.4 Å². The van der Waals surface area contributed by atoms with E-state index in [1.54, 1.807) is 6.21 Å². The lowest BCUT2D eigenvalue weighted by Crippen LogP contribution is -2.42. The smallest absolute Gasteiger partial charge is 0.254 e. The molecule has 19 heavy (non-hydrogen) atoms. The third-order valence-electron chi connectivity index (χ3n) is 2.92. The van der Waals surface area contributed by atoms with Crippen LogP contribution in [-0.2, 0) is 9.53 Å². The molecule has 1 aromatic carbocycles. The number of aryl methyl sites for hydroxylation is 1. The molecule has 1 saturated heterocycles. The maximum atomic E-state index is 11.7. The lowest BCUT2D eigenvalue weighted by Gasteiger charge is -2.25. The number of hydrogen-bond donors (Lipinski definition) is 1. The van der Waals surface area contributed by atoms with E-state index in [0.717, 1.165) is 18.7 Å². The molecule has 1 amide bonds. The van der Waals surface area contributed by atoms with Gasteiger partial charge in [-0.25, -0.2) is 5.43 Å². The maximum Gasteiger partial charge on any atom is 0.254 e. The summed E-state index contributed by atoms with van der Waals surface area (Å²) in [7, 11) is 0. The first kappa shape index (κ1) is 13.7. The van der Waals surface area contributed by atoms with E-state index in [4.69, 9.17) is 4.74 Å². The van der Waals surface area contributed by atoms with Gasteiger partial charge in [-0.1, -0.05) is 29.8 Å². The van der Waals surface area contributed by atoms with E-state index in [-0.39, 0.29) is 5.91 Å². The van der Waals surface area contributed by atoms with Gasteiger partial charge in [-0.3, -0.25) is 9.69 Å². The van der Waals surface area contributed by atoms with Crippen molar-refractivity contribution in [1.29, 1.82) is 0 Å². The Morgan fingerprint density at radius 1 is 1.47 bits per heavy atom. The summed E-state index contributed by atoms with van der Waals surface area (Å²) in [6, 6.07) is 7.95. The Kier molecular flexibility index (Phi) is 5.06. The van der Waals surface area contributed by atoms with Gasteiger partial charge < -0.3 is 4.74 Å². The summed E-state index contributed by atoms with van der Waals surface area (Å²) in [6.45, 7) is 5.38. The fourth-order valence-electron chi connectivity index (χ4n) is 1.93. The topological polar surface area (TPSA) is 53.9 Å². The van der Waals surface area contributed by atoms with Gasteiger partial charge in [0.2, 0.25) is 0 Å². The quantitative estimate of drug-likeness (QED) is 0.643. The number of ether oxygens (including phenoxy) is 1. The molecule has 0 aromatic heterocycles. The number of morpholine rings is 1. The molecule has 0 atom stereocenters. The molecular formula is C14H19N3O2. The average Bonchev–Trinajstić information content (AvgIpc) is 2.40. The zero-order valence-electron chi connectivity index (χ0n) is 11.1. The van der Waals surface area contributed by atoms with E-state index < -0.39 is 0 Å². The maximum absolute atomic E-state index is 11.7. The number of hydrogen-bond acceptors (Lipinski definition) is 4. The van der Waals surface area contributed by atoms with Crippen molar-refractivity contribution in [2.24, 2.45) is 5.10 Å². The van der Waals surface area contributed by atoms with E-state index in [9.17, 15) is 4.79 Å². The van der Waals surface area contributed by atoms with Crippen molar-refractivity contribution >= 4 is 12.1 Å². The van der Waals surface area contributed by atoms with Crippen LogP contribution in [0.25, 0.3) is 0 Å². The van der Waals surface area contributed by atoms with Gasteiger partial charge >= 0.3 is 0 Å². The lowest BCUT2D eigenvalue weighted by molar-refractivity contribution is -0.123. The Bertz CT molecular complexity index is 454. The van der Waals surface area contributed by atoms with Crippen LogP contribution < -0.4 is 5.43 Å². The molecule has 1 aliphatic rings. The van der Waals surface area contributed by atoms with Gasteiger partial charge in [0.25, 0.3) is 5.91 Å². The number of carbonyl (C=O) groups is 1. The molecule has 0 saturated carbocycles. The first-order valence-electron chi connectivity index (χ1n) is 6.43. The minimum absolute atomic E-state index is 0.0918. The van der Waals surface area contributed by atoms with Crippen molar-refractivity contribution in [1.82, 2.24) is 10.3 Å². The summed E-state index contributed by atoms with van der Waals surface area (Å²) < 4.78 is 5.23. The van der Waals surface area contributed by atoms with Crippen LogP contribution in [0.1, 0.15) is 11.1 Å². The second-order valence-corrected chi connectivity index (χ2v) is 4.60. The van der Waals surface area contributed by atoms with Crippen LogP contribution >= 0.6 is 0 Å². The number of nitrogens with one attached hydrogen (secondary N) is 1. The van der Waals surface area contributed by atoms with Gasteiger partial charge in [-0.2, -0.15) is 5.10 Å². The number of hydrazone groups is 1. The van der Waals surface area contributed by atoms with E-state index in [1.807, 2.05) is 31.2 Å². The van der Waals surface area contributed by atoms with Gasteiger partial charge in [0.1, 0.15) is 0 Å². The normalized spacial score (nSPS) is 16.7. The molecule has 1 aromatic rings. The molecule has 5 nitrogen and oxygen atoms in total. The summed E-state index contributed by atoms with van der Waals surface area (Å²) in [5.41, 5.74) is 4.69. The fourth-order valence-corrected chi connectivity index (χ4v) is 1.93. The molecule has 1 aliphatic heterocycles. The van der Waals surface area contributed by atoms with Gasteiger partial charge in [-0.05, 0) is 12.5 Å². The Hall–Kier alpha value is -1.72. The van der Waals surface area contributed by atoms with Crippen molar-refractivity contribution in [2.75, 3.05) is 32.8 Å². The van der Waals surface area contributed by atoms with Gasteiger partial charge in [0, 0.05) is 13.1 Å². The molecule has 1 N–H and O–H groups in total. The van der Waals surface area contributed by atoms with Crippen LogP contribution in [0, 0.1) is 6.92 Å². The molecule has 102 valence electrons. The van der Waals surface area contributed by atoms with Crippen LogP contribution in [0.4, 0.5) is 0 Å². The van der Waals surface area contributed by atoms with Crippen LogP contribution in [0.3, 0.4) is 0 Å². The minimum Gasteiger partial charge on any atom is -0.379 e. The molecule has 0 radical (unpaired) electrons. The molecule has 2 rings (SSSR count). The summed E-state index contributed by atoms with van der Waals surface area (Å²) in [5.74, 6) is -0.0918. The van der Waals surface area contributed by atoms with E-state index in [0.29, 0.717) is 19.8 Å². The molecule has 0 unspecified atom stereocenters. The first-order valence-corrected chi connectivity index (χ1v) is 6.43. The van der Waals surface area contributed by atoms with E-state index >= 15 is 0 Å². The monoisotopic (exact) mass is 261 g/mol. The number of benzene rings is 1. The summed E-state index contributed by atoms with van der Waals surface area (Å²) in [4.78, 5) is 13.7. The second-order valence-electron chi connectivity index (χ2n) is 4.60. The van der Waals surface area contributed by atoms with Crippen LogP contribution in [0.5, 0.6) is 0 Å². The fraction of sp³-hybridized carbons (Fsp3) is 0.429. The third-order valence-corrected chi connectivity index (χ3v) is 2.92. The highest BCUT2D eigenvalue weighted by molar-refractivity contribution is 5.83. The zero-order valence-corrected chi connectivity index (χ0v) is 11.1. The molecule has 1 fully saturated rings. The molecule has 0 aliphatic carbocycles. The summed E-state index contributed by atoms with van der Waals surface area (Å²) in [6.07, 6.45) is 1.66. The Balaban J connectivity index is 1.76. The molecular weight excluding hydrogens is 242 g/mol. The predicted molar refractivity (Wildman–Crippen MR) is 74.2 cm³/mol. The second kappa shape index (κ2) is 7.01. The Labute approximate surface area is 113 Å². The largest absolute Gasteiger partial charge is 0.379 e. The molecule has 5 heteroatoms. The SMILES string of the molecule is Cc1cccc(/C=N/NC(=O)CN2CCOCC2)c1. The van der Waals surface area contributed by atoms with Crippen molar-refractivity contribution in [3.63, 3.8) is 0 Å². The highest BCUT2D eigenvalue weighted by Crippen LogP contribution is 2.00. The standard InChI is InChI=1S/C14H19N3O2/c1-12-3-2-4-13(9-12)10-15-16-14(18)11-17-5-7-19-8-6-17/h2-4,9-10H,5-8,11H2,1H3,(H,16,18)/b15-10+. The van der Waals surface area contributed by atoms with Crippen molar-refractivity contribution in [3.8, 4) is 0 Å². The lowest BCUT2D eigenvalue weighted by atomic mass is 10.2. The minimum atomic E-state index is -0.0918. The van der Waals surface area contributed by atoms with Crippen molar-refractivity contribution in [2.45, 2.75) is 6.92 Å². The van der Waals surface area contributed by atoms with Crippen molar-refractivity contribution < 1.29 is 9.53 Å². The number of rotatable bonds is 4. The zero-order chi connectivity index (χ0) is 13.5. The van der Waals surface area contributed by atoms with Crippen LogP contribution in [0.15, 0.2) is 29.4 Å². The van der Waals surface area contributed by atoms with Gasteiger partial charge in [-0.15, -0.1) is 0 Å². The van der Waals surface area contributed by atoms with Crippen LogP contribution in [-0.4, -0.2) is 49.9 Å². The Morgan fingerprint density at radius 2 is 2.26 bits per heavy atom. The third kappa shape index (κ3) is 4.81. The molecule has 1 heterocycles. The highest BCUT2D eigenvalue weighted by Gasteiger charge is 2.13. The molecule has 0 bridgehead atoms. The van der Waals surface area contributed by atoms with Crippen molar-refractivity contribution in [3.05, 3.63) is 35.4 Å². The molecule has 0 spiro atoms. The summed E-state index contributed by atoms with van der Waals surface area (Å²) >= 11 is 0. The number of amides is 1. The van der Waals surface area contributed by atoms with Crippen LogP contribution in [0.2, 0.25) is 0 Å². The van der Waals surface area contributed by atoms with Gasteiger partial charge in [0.05, 0.1) is 26.0 Å². The number of nitrogens with zero attached hydrogens (tertiary/aromatic N) is 2. The summed E-state index contributed by atoms with van der Waals surface area (Å²) in [5, 5.41) is 3.97. The average molecular weight is 261 g/mol.